The molecule has 3 aromatic rings. The van der Waals surface area contributed by atoms with Gasteiger partial charge in [0.15, 0.2) is 0 Å². The van der Waals surface area contributed by atoms with Crippen molar-refractivity contribution in [1.82, 2.24) is 15.1 Å². The molecule has 144 valence electrons. The number of carbonyl (C=O) groups is 1. The average Bonchev–Trinajstić information content (AvgIpc) is 3.18. The van der Waals surface area contributed by atoms with Crippen LogP contribution >= 0.6 is 11.6 Å². The van der Waals surface area contributed by atoms with Crippen molar-refractivity contribution >= 4 is 17.5 Å². The van der Waals surface area contributed by atoms with Crippen LogP contribution in [0.15, 0.2) is 46.9 Å². The highest BCUT2D eigenvalue weighted by atomic mass is 35.5. The summed E-state index contributed by atoms with van der Waals surface area (Å²) in [6.45, 7) is 0.866. The zero-order valence-corrected chi connectivity index (χ0v) is 15.5. The third kappa shape index (κ3) is 3.62. The second kappa shape index (κ2) is 7.67. The fraction of sp³-hybridized carbons (Fsp3) is 0.250. The maximum atomic E-state index is 14.0. The molecule has 0 unspecified atom stereocenters. The maximum absolute atomic E-state index is 14.0. The number of carbonyl (C=O) groups excluding carboxylic acids is 1. The highest BCUT2D eigenvalue weighted by molar-refractivity contribution is 6.33. The van der Waals surface area contributed by atoms with Gasteiger partial charge < -0.3 is 9.32 Å². The largest absolute Gasteiger partial charge is 0.420 e. The van der Waals surface area contributed by atoms with Crippen molar-refractivity contribution in [3.63, 3.8) is 0 Å². The van der Waals surface area contributed by atoms with Crippen molar-refractivity contribution in [3.8, 4) is 11.5 Å². The fourth-order valence-electron chi connectivity index (χ4n) is 3.30. The monoisotopic (exact) mass is 403 g/mol. The highest BCUT2D eigenvalue weighted by Crippen LogP contribution is 2.31. The van der Waals surface area contributed by atoms with Crippen LogP contribution in [0.2, 0.25) is 5.02 Å². The molecule has 1 amide bonds. The Morgan fingerprint density at radius 1 is 1.07 bits per heavy atom. The van der Waals surface area contributed by atoms with E-state index in [0.717, 1.165) is 0 Å². The Bertz CT molecular complexity index is 979. The van der Waals surface area contributed by atoms with Gasteiger partial charge in [0.1, 0.15) is 11.6 Å². The Morgan fingerprint density at radius 2 is 1.79 bits per heavy atom. The van der Waals surface area contributed by atoms with E-state index < -0.39 is 11.7 Å². The van der Waals surface area contributed by atoms with E-state index in [1.165, 1.54) is 30.3 Å². The predicted octanol–water partition coefficient (Wildman–Crippen LogP) is 4.69. The van der Waals surface area contributed by atoms with Crippen LogP contribution in [0.1, 0.15) is 35.0 Å². The molecule has 28 heavy (non-hydrogen) atoms. The van der Waals surface area contributed by atoms with Crippen LogP contribution in [0, 0.1) is 11.6 Å². The number of piperidine rings is 1. The van der Waals surface area contributed by atoms with Gasteiger partial charge in [0.05, 0.1) is 10.6 Å². The topological polar surface area (TPSA) is 59.2 Å². The summed E-state index contributed by atoms with van der Waals surface area (Å²) in [7, 11) is 0. The van der Waals surface area contributed by atoms with Crippen LogP contribution in [-0.4, -0.2) is 34.1 Å². The number of halogens is 3. The van der Waals surface area contributed by atoms with E-state index >= 15 is 0 Å². The molecular formula is C20H16ClF2N3O2. The number of amides is 1. The summed E-state index contributed by atoms with van der Waals surface area (Å²) in [4.78, 5) is 14.2. The van der Waals surface area contributed by atoms with Crippen molar-refractivity contribution in [2.75, 3.05) is 13.1 Å². The van der Waals surface area contributed by atoms with Crippen LogP contribution in [0.3, 0.4) is 0 Å². The first kappa shape index (κ1) is 18.6. The summed E-state index contributed by atoms with van der Waals surface area (Å²) in [6, 6.07) is 10.0. The molecule has 0 saturated carbocycles. The van der Waals surface area contributed by atoms with Gasteiger partial charge in [-0.3, -0.25) is 4.79 Å². The number of likely N-dealkylation sites (tertiary alicyclic amines) is 1. The third-order valence-corrected chi connectivity index (χ3v) is 5.15. The first-order chi connectivity index (χ1) is 13.5. The zero-order chi connectivity index (χ0) is 19.7. The molecule has 0 aliphatic carbocycles. The number of benzene rings is 2. The molecule has 1 fully saturated rings. The van der Waals surface area contributed by atoms with E-state index in [2.05, 4.69) is 10.2 Å². The van der Waals surface area contributed by atoms with Gasteiger partial charge in [-0.2, -0.15) is 0 Å². The quantitative estimate of drug-likeness (QED) is 0.636. The summed E-state index contributed by atoms with van der Waals surface area (Å²) >= 11 is 5.99. The van der Waals surface area contributed by atoms with Gasteiger partial charge in [-0.15, -0.1) is 10.2 Å². The molecule has 4 rings (SSSR count). The van der Waals surface area contributed by atoms with Crippen LogP contribution in [0.5, 0.6) is 0 Å². The smallest absolute Gasteiger partial charge is 0.258 e. The van der Waals surface area contributed by atoms with Crippen molar-refractivity contribution in [1.29, 1.82) is 0 Å². The van der Waals surface area contributed by atoms with E-state index in [-0.39, 0.29) is 22.3 Å². The van der Waals surface area contributed by atoms with Crippen LogP contribution in [-0.2, 0) is 0 Å². The number of aromatic nitrogens is 2. The lowest BCUT2D eigenvalue weighted by atomic mass is 9.96. The van der Waals surface area contributed by atoms with Gasteiger partial charge >= 0.3 is 0 Å². The summed E-state index contributed by atoms with van der Waals surface area (Å²) in [5.41, 5.74) is 0.543. The van der Waals surface area contributed by atoms with Gasteiger partial charge in [0, 0.05) is 24.6 Å². The maximum Gasteiger partial charge on any atom is 0.258 e. The van der Waals surface area contributed by atoms with Crippen LogP contribution in [0.4, 0.5) is 8.78 Å². The Morgan fingerprint density at radius 3 is 2.46 bits per heavy atom. The minimum atomic E-state index is -0.625. The lowest BCUT2D eigenvalue weighted by molar-refractivity contribution is 0.0702. The first-order valence-electron chi connectivity index (χ1n) is 8.85. The van der Waals surface area contributed by atoms with Crippen LogP contribution in [0.25, 0.3) is 11.5 Å². The molecule has 0 bridgehead atoms. The van der Waals surface area contributed by atoms with Gasteiger partial charge in [-0.05, 0) is 49.2 Å². The molecule has 0 N–H and O–H groups in total. The molecule has 1 aliphatic heterocycles. The van der Waals surface area contributed by atoms with Crippen LogP contribution < -0.4 is 0 Å². The van der Waals surface area contributed by atoms with Gasteiger partial charge in [0.25, 0.3) is 5.91 Å². The Balaban J connectivity index is 1.43. The molecule has 5 nitrogen and oxygen atoms in total. The van der Waals surface area contributed by atoms with Gasteiger partial charge in [-0.25, -0.2) is 8.78 Å². The first-order valence-corrected chi connectivity index (χ1v) is 9.23. The summed E-state index contributed by atoms with van der Waals surface area (Å²) in [5.74, 6) is -0.570. The molecule has 1 aliphatic rings. The summed E-state index contributed by atoms with van der Waals surface area (Å²) < 4.78 is 32.8. The van der Waals surface area contributed by atoms with Crippen molar-refractivity contribution in [2.45, 2.75) is 18.8 Å². The van der Waals surface area contributed by atoms with E-state index in [9.17, 15) is 13.6 Å². The summed E-state index contributed by atoms with van der Waals surface area (Å²) in [5, 5.41) is 8.23. The van der Waals surface area contributed by atoms with E-state index in [4.69, 9.17) is 16.0 Å². The average molecular weight is 404 g/mol. The SMILES string of the molecule is O=C(c1c(F)cccc1Cl)N1CCC(c2nnc(-c3ccc(F)cc3)o2)CC1. The number of hydrogen-bond acceptors (Lipinski definition) is 4. The van der Waals surface area contributed by atoms with Crippen molar-refractivity contribution < 1.29 is 18.0 Å². The Labute approximate surface area is 164 Å². The summed E-state index contributed by atoms with van der Waals surface area (Å²) in [6.07, 6.45) is 1.23. The number of nitrogens with zero attached hydrogens (tertiary/aromatic N) is 3. The Hall–Kier alpha value is -2.80. The lowest BCUT2D eigenvalue weighted by Gasteiger charge is -2.30. The van der Waals surface area contributed by atoms with E-state index in [1.54, 1.807) is 17.0 Å². The molecule has 2 heterocycles. The second-order valence-corrected chi connectivity index (χ2v) is 7.02. The lowest BCUT2D eigenvalue weighted by Crippen LogP contribution is -2.38. The van der Waals surface area contributed by atoms with Crippen molar-refractivity contribution in [3.05, 3.63) is 70.6 Å². The molecular weight excluding hydrogens is 388 g/mol. The van der Waals surface area contributed by atoms with Gasteiger partial charge in [0.2, 0.25) is 11.8 Å². The zero-order valence-electron chi connectivity index (χ0n) is 14.7. The standard InChI is InChI=1S/C20H16ClF2N3O2/c21-15-2-1-3-16(23)17(15)20(27)26-10-8-13(9-11-26)19-25-24-18(28-19)12-4-6-14(22)7-5-12/h1-7,13H,8-11H2. The minimum absolute atomic E-state index is 0.00170. The number of rotatable bonds is 3. The molecule has 2 aromatic carbocycles. The van der Waals surface area contributed by atoms with Gasteiger partial charge in [-0.1, -0.05) is 17.7 Å². The molecule has 1 saturated heterocycles. The third-order valence-electron chi connectivity index (χ3n) is 4.84. The van der Waals surface area contributed by atoms with E-state index in [0.29, 0.717) is 43.3 Å². The minimum Gasteiger partial charge on any atom is -0.420 e. The van der Waals surface area contributed by atoms with Crippen molar-refractivity contribution in [2.24, 2.45) is 0 Å². The second-order valence-electron chi connectivity index (χ2n) is 6.62. The van der Waals surface area contributed by atoms with E-state index in [1.807, 2.05) is 0 Å². The normalized spacial score (nSPS) is 15.0. The molecule has 0 radical (unpaired) electrons. The highest BCUT2D eigenvalue weighted by Gasteiger charge is 2.30. The predicted molar refractivity (Wildman–Crippen MR) is 99.0 cm³/mol. The molecule has 1 aromatic heterocycles. The molecule has 8 heteroatoms. The molecule has 0 atom stereocenters. The Kier molecular flexibility index (Phi) is 5.09. The molecule has 0 spiro atoms. The number of hydrogen-bond donors (Lipinski definition) is 0. The fourth-order valence-corrected chi connectivity index (χ4v) is 3.54.